The fourth-order valence-corrected chi connectivity index (χ4v) is 2.95. The molecule has 2 rings (SSSR count). The van der Waals surface area contributed by atoms with E-state index in [1.807, 2.05) is 25.1 Å². The van der Waals surface area contributed by atoms with Gasteiger partial charge >= 0.3 is 5.97 Å². The Morgan fingerprint density at radius 3 is 3.00 bits per heavy atom. The smallest absolute Gasteiger partial charge is 0.332 e. The molecule has 0 unspecified atom stereocenters. The molecule has 0 aromatic heterocycles. The Morgan fingerprint density at radius 1 is 1.50 bits per heavy atom. The Labute approximate surface area is 127 Å². The highest BCUT2D eigenvalue weighted by atomic mass is 79.9. The van der Waals surface area contributed by atoms with E-state index in [0.29, 0.717) is 6.61 Å². The van der Waals surface area contributed by atoms with Crippen LogP contribution in [0.1, 0.15) is 19.8 Å². The zero-order valence-electron chi connectivity index (χ0n) is 11.7. The number of anilines is 1. The molecule has 1 saturated heterocycles. The molecule has 0 saturated carbocycles. The quantitative estimate of drug-likeness (QED) is 0.621. The molecule has 1 aromatic rings. The van der Waals surface area contributed by atoms with Crippen LogP contribution in [-0.4, -0.2) is 26.2 Å². The van der Waals surface area contributed by atoms with Gasteiger partial charge in [-0.05, 0) is 47.8 Å². The molecule has 1 heterocycles. The topological polar surface area (TPSA) is 38.8 Å². The van der Waals surface area contributed by atoms with Crippen LogP contribution >= 0.6 is 15.9 Å². The van der Waals surface area contributed by atoms with Crippen molar-refractivity contribution in [1.82, 2.24) is 0 Å². The van der Waals surface area contributed by atoms with Gasteiger partial charge in [-0.2, -0.15) is 0 Å². The molecule has 1 aliphatic heterocycles. The maximum atomic E-state index is 11.6. The van der Waals surface area contributed by atoms with Crippen LogP contribution in [0.5, 0.6) is 5.75 Å². The molecule has 0 N–H and O–H groups in total. The number of halogens is 1. The van der Waals surface area contributed by atoms with Gasteiger partial charge in [-0.1, -0.05) is 6.07 Å². The molecule has 0 radical (unpaired) electrons. The summed E-state index contributed by atoms with van der Waals surface area (Å²) in [4.78, 5) is 13.8. The van der Waals surface area contributed by atoms with Crippen LogP contribution in [-0.2, 0) is 9.53 Å². The van der Waals surface area contributed by atoms with Gasteiger partial charge in [0.25, 0.3) is 0 Å². The van der Waals surface area contributed by atoms with Gasteiger partial charge in [0, 0.05) is 18.3 Å². The van der Waals surface area contributed by atoms with E-state index in [0.717, 1.165) is 41.0 Å². The summed E-state index contributed by atoms with van der Waals surface area (Å²) in [7, 11) is 1.64. The van der Waals surface area contributed by atoms with Crippen molar-refractivity contribution in [2.45, 2.75) is 19.8 Å². The molecule has 5 heteroatoms. The minimum Gasteiger partial charge on any atom is -0.495 e. The van der Waals surface area contributed by atoms with Crippen LogP contribution in [0.2, 0.25) is 0 Å². The second-order valence-corrected chi connectivity index (χ2v) is 5.23. The maximum Gasteiger partial charge on any atom is 0.332 e. The molecular weight excluding hydrogens is 322 g/mol. The number of hydrogen-bond acceptors (Lipinski definition) is 4. The van der Waals surface area contributed by atoms with Crippen molar-refractivity contribution < 1.29 is 14.3 Å². The summed E-state index contributed by atoms with van der Waals surface area (Å²) >= 11 is 3.57. The van der Waals surface area contributed by atoms with Crippen molar-refractivity contribution >= 4 is 27.6 Å². The second kappa shape index (κ2) is 6.79. The molecule has 4 nitrogen and oxygen atoms in total. The number of nitrogens with zero attached hydrogens (tertiary/aromatic N) is 1. The fraction of sp³-hybridized carbons (Fsp3) is 0.400. The third-order valence-electron chi connectivity index (χ3n) is 3.19. The van der Waals surface area contributed by atoms with Gasteiger partial charge in [0.2, 0.25) is 0 Å². The number of carbonyl (C=O) groups is 1. The SMILES string of the molecule is CCOC(=O)/C=C1\CCCN1c1cccc(OC)c1Br. The summed E-state index contributed by atoms with van der Waals surface area (Å²) in [5.41, 5.74) is 2.00. The lowest BCUT2D eigenvalue weighted by atomic mass is 10.2. The minimum absolute atomic E-state index is 0.284. The summed E-state index contributed by atoms with van der Waals surface area (Å²) in [5.74, 6) is 0.498. The number of allylic oxidation sites excluding steroid dienone is 1. The van der Waals surface area contributed by atoms with Crippen molar-refractivity contribution in [3.8, 4) is 5.75 Å². The number of esters is 1. The van der Waals surface area contributed by atoms with E-state index in [4.69, 9.17) is 9.47 Å². The Morgan fingerprint density at radius 2 is 2.30 bits per heavy atom. The van der Waals surface area contributed by atoms with Crippen LogP contribution in [0.4, 0.5) is 5.69 Å². The van der Waals surface area contributed by atoms with E-state index in [1.165, 1.54) is 0 Å². The van der Waals surface area contributed by atoms with E-state index in [2.05, 4.69) is 20.8 Å². The molecule has 108 valence electrons. The molecule has 1 aromatic carbocycles. The lowest BCUT2D eigenvalue weighted by Gasteiger charge is -2.22. The van der Waals surface area contributed by atoms with E-state index in [1.54, 1.807) is 13.2 Å². The second-order valence-electron chi connectivity index (χ2n) is 4.44. The zero-order valence-corrected chi connectivity index (χ0v) is 13.3. The third kappa shape index (κ3) is 3.15. The fourth-order valence-electron chi connectivity index (χ4n) is 2.31. The Balaban J connectivity index is 2.29. The first-order valence-corrected chi connectivity index (χ1v) is 7.44. The first-order valence-electron chi connectivity index (χ1n) is 6.64. The van der Waals surface area contributed by atoms with Crippen LogP contribution < -0.4 is 9.64 Å². The number of methoxy groups -OCH3 is 1. The molecular formula is C15H18BrNO3. The average Bonchev–Trinajstić information content (AvgIpc) is 2.87. The lowest BCUT2D eigenvalue weighted by Crippen LogP contribution is -2.18. The van der Waals surface area contributed by atoms with Crippen LogP contribution in [0.25, 0.3) is 0 Å². The van der Waals surface area contributed by atoms with Gasteiger partial charge in [-0.15, -0.1) is 0 Å². The van der Waals surface area contributed by atoms with Gasteiger partial charge in [-0.3, -0.25) is 0 Å². The summed E-state index contributed by atoms with van der Waals surface area (Å²) in [5, 5.41) is 0. The van der Waals surface area contributed by atoms with Gasteiger partial charge in [0.1, 0.15) is 5.75 Å². The molecule has 0 bridgehead atoms. The molecule has 0 atom stereocenters. The van der Waals surface area contributed by atoms with E-state index < -0.39 is 0 Å². The number of carbonyl (C=O) groups excluding carboxylic acids is 1. The minimum atomic E-state index is -0.284. The normalized spacial score (nSPS) is 16.6. The monoisotopic (exact) mass is 339 g/mol. The molecule has 0 spiro atoms. The first-order chi connectivity index (χ1) is 9.67. The van der Waals surface area contributed by atoms with Crippen LogP contribution in [0, 0.1) is 0 Å². The summed E-state index contributed by atoms with van der Waals surface area (Å²) < 4.78 is 11.2. The summed E-state index contributed by atoms with van der Waals surface area (Å²) in [6.07, 6.45) is 3.49. The highest BCUT2D eigenvalue weighted by Gasteiger charge is 2.22. The van der Waals surface area contributed by atoms with Crippen LogP contribution in [0.15, 0.2) is 34.4 Å². The summed E-state index contributed by atoms with van der Waals surface area (Å²) in [6, 6.07) is 5.86. The van der Waals surface area contributed by atoms with Crippen LogP contribution in [0.3, 0.4) is 0 Å². The summed E-state index contributed by atoms with van der Waals surface area (Å²) in [6.45, 7) is 3.09. The number of benzene rings is 1. The highest BCUT2D eigenvalue weighted by Crippen LogP contribution is 2.38. The lowest BCUT2D eigenvalue weighted by molar-refractivity contribution is -0.137. The maximum absolute atomic E-state index is 11.6. The molecule has 1 aliphatic rings. The zero-order chi connectivity index (χ0) is 14.5. The van der Waals surface area contributed by atoms with E-state index in [-0.39, 0.29) is 5.97 Å². The molecule has 1 fully saturated rings. The van der Waals surface area contributed by atoms with Gasteiger partial charge in [0.05, 0.1) is 23.9 Å². The van der Waals surface area contributed by atoms with E-state index in [9.17, 15) is 4.79 Å². The standard InChI is InChI=1S/C15H18BrNO3/c1-3-20-14(18)10-11-6-5-9-17(11)12-7-4-8-13(19-2)15(12)16/h4,7-8,10H,3,5-6,9H2,1-2H3/b11-10+. The average molecular weight is 340 g/mol. The van der Waals surface area contributed by atoms with Crippen molar-refractivity contribution in [1.29, 1.82) is 0 Å². The number of ether oxygens (including phenoxy) is 2. The predicted molar refractivity (Wildman–Crippen MR) is 82.0 cm³/mol. The van der Waals surface area contributed by atoms with Crippen molar-refractivity contribution in [3.05, 3.63) is 34.4 Å². The first kappa shape index (κ1) is 14.9. The van der Waals surface area contributed by atoms with Crippen molar-refractivity contribution in [2.24, 2.45) is 0 Å². The molecule has 20 heavy (non-hydrogen) atoms. The molecule has 0 amide bonds. The molecule has 0 aliphatic carbocycles. The highest BCUT2D eigenvalue weighted by molar-refractivity contribution is 9.10. The third-order valence-corrected chi connectivity index (χ3v) is 3.98. The Hall–Kier alpha value is -1.49. The number of rotatable bonds is 4. The van der Waals surface area contributed by atoms with Gasteiger partial charge in [-0.25, -0.2) is 4.79 Å². The predicted octanol–water partition coefficient (Wildman–Crippen LogP) is 3.50. The number of hydrogen-bond donors (Lipinski definition) is 0. The van der Waals surface area contributed by atoms with E-state index >= 15 is 0 Å². The van der Waals surface area contributed by atoms with Crippen molar-refractivity contribution in [2.75, 3.05) is 25.2 Å². The van der Waals surface area contributed by atoms with Gasteiger partial charge in [0.15, 0.2) is 0 Å². The van der Waals surface area contributed by atoms with Crippen molar-refractivity contribution in [3.63, 3.8) is 0 Å². The Bertz CT molecular complexity index is 528. The largest absolute Gasteiger partial charge is 0.495 e. The Kier molecular flexibility index (Phi) is 5.06. The van der Waals surface area contributed by atoms with Gasteiger partial charge < -0.3 is 14.4 Å².